The summed E-state index contributed by atoms with van der Waals surface area (Å²) in [5, 5.41) is 5.50. The van der Waals surface area contributed by atoms with E-state index in [4.69, 9.17) is 9.47 Å². The Morgan fingerprint density at radius 3 is 2.52 bits per heavy atom. The van der Waals surface area contributed by atoms with Crippen molar-refractivity contribution in [3.63, 3.8) is 0 Å². The maximum Gasteiger partial charge on any atom is 0.250 e. The quantitative estimate of drug-likeness (QED) is 0.747. The van der Waals surface area contributed by atoms with Gasteiger partial charge in [0.2, 0.25) is 17.7 Å². The summed E-state index contributed by atoms with van der Waals surface area (Å²) in [6.45, 7) is 0.239. The first-order valence-electron chi connectivity index (χ1n) is 9.14. The first-order chi connectivity index (χ1) is 14.0. The molecule has 3 amide bonds. The van der Waals surface area contributed by atoms with E-state index in [1.807, 2.05) is 6.07 Å². The largest absolute Gasteiger partial charge is 0.497 e. The summed E-state index contributed by atoms with van der Waals surface area (Å²) < 4.78 is 9.98. The van der Waals surface area contributed by atoms with E-state index in [1.54, 1.807) is 54.5 Å². The molecule has 8 nitrogen and oxygen atoms in total. The lowest BCUT2D eigenvalue weighted by Gasteiger charge is -2.17. The van der Waals surface area contributed by atoms with Crippen molar-refractivity contribution >= 4 is 34.8 Å². The molecular formula is C21H23N3O5. The smallest absolute Gasteiger partial charge is 0.250 e. The molecule has 2 aromatic carbocycles. The van der Waals surface area contributed by atoms with Gasteiger partial charge in [0, 0.05) is 43.2 Å². The van der Waals surface area contributed by atoms with Gasteiger partial charge < -0.3 is 25.0 Å². The summed E-state index contributed by atoms with van der Waals surface area (Å²) in [6, 6.07) is 14.0. The van der Waals surface area contributed by atoms with Crippen LogP contribution in [0, 0.1) is 5.92 Å². The van der Waals surface area contributed by atoms with Crippen LogP contribution in [-0.4, -0.2) is 45.1 Å². The van der Waals surface area contributed by atoms with Crippen molar-refractivity contribution in [2.75, 3.05) is 42.9 Å². The fraction of sp³-hybridized carbons (Fsp3) is 0.286. The number of anilines is 3. The van der Waals surface area contributed by atoms with Gasteiger partial charge in [-0.3, -0.25) is 14.4 Å². The molecule has 1 heterocycles. The summed E-state index contributed by atoms with van der Waals surface area (Å²) in [6.07, 6.45) is 0.132. The van der Waals surface area contributed by atoms with Crippen LogP contribution < -0.4 is 20.3 Å². The summed E-state index contributed by atoms with van der Waals surface area (Å²) in [5.41, 5.74) is 1.79. The van der Waals surface area contributed by atoms with E-state index in [-0.39, 0.29) is 30.7 Å². The molecule has 29 heavy (non-hydrogen) atoms. The topological polar surface area (TPSA) is 97.0 Å². The SMILES string of the molecule is COCC(=O)Nc1cccc(NC(=O)[C@@H]2CC(=O)N(c3cccc(OC)c3)C2)c1. The first kappa shape index (κ1) is 20.3. The van der Waals surface area contributed by atoms with Gasteiger partial charge in [0.1, 0.15) is 12.4 Å². The number of benzene rings is 2. The van der Waals surface area contributed by atoms with Gasteiger partial charge in [-0.1, -0.05) is 12.1 Å². The van der Waals surface area contributed by atoms with Crippen LogP contribution in [0.2, 0.25) is 0 Å². The van der Waals surface area contributed by atoms with Crippen molar-refractivity contribution in [1.29, 1.82) is 0 Å². The highest BCUT2D eigenvalue weighted by molar-refractivity contribution is 6.04. The van der Waals surface area contributed by atoms with E-state index in [0.29, 0.717) is 29.4 Å². The van der Waals surface area contributed by atoms with Crippen molar-refractivity contribution < 1.29 is 23.9 Å². The van der Waals surface area contributed by atoms with Crippen molar-refractivity contribution in [3.05, 3.63) is 48.5 Å². The van der Waals surface area contributed by atoms with Crippen molar-refractivity contribution in [2.24, 2.45) is 5.92 Å². The lowest BCUT2D eigenvalue weighted by molar-refractivity contribution is -0.122. The molecule has 1 atom stereocenters. The van der Waals surface area contributed by atoms with Gasteiger partial charge in [-0.25, -0.2) is 0 Å². The average molecular weight is 397 g/mol. The third-order valence-electron chi connectivity index (χ3n) is 4.55. The normalized spacial score (nSPS) is 15.9. The minimum atomic E-state index is -0.472. The molecule has 0 spiro atoms. The molecule has 0 bridgehead atoms. The molecule has 8 heteroatoms. The number of ether oxygens (including phenoxy) is 2. The van der Waals surface area contributed by atoms with E-state index < -0.39 is 5.92 Å². The zero-order valence-corrected chi connectivity index (χ0v) is 16.3. The molecule has 152 valence electrons. The summed E-state index contributed by atoms with van der Waals surface area (Å²) >= 11 is 0. The van der Waals surface area contributed by atoms with Gasteiger partial charge in [0.25, 0.3) is 0 Å². The first-order valence-corrected chi connectivity index (χ1v) is 9.14. The fourth-order valence-electron chi connectivity index (χ4n) is 3.16. The van der Waals surface area contributed by atoms with Crippen LogP contribution in [-0.2, 0) is 19.1 Å². The maximum atomic E-state index is 12.7. The predicted molar refractivity (Wildman–Crippen MR) is 109 cm³/mol. The zero-order valence-electron chi connectivity index (χ0n) is 16.3. The second-order valence-electron chi connectivity index (χ2n) is 6.66. The van der Waals surface area contributed by atoms with E-state index in [1.165, 1.54) is 7.11 Å². The Labute approximate surface area is 168 Å². The van der Waals surface area contributed by atoms with E-state index in [0.717, 1.165) is 0 Å². The number of nitrogens with zero attached hydrogens (tertiary/aromatic N) is 1. The van der Waals surface area contributed by atoms with Crippen LogP contribution in [0.1, 0.15) is 6.42 Å². The summed E-state index contributed by atoms with van der Waals surface area (Å²) in [4.78, 5) is 38.3. The molecule has 2 N–H and O–H groups in total. The van der Waals surface area contributed by atoms with E-state index in [9.17, 15) is 14.4 Å². The fourth-order valence-corrected chi connectivity index (χ4v) is 3.16. The molecule has 0 aliphatic carbocycles. The molecule has 0 aromatic heterocycles. The Morgan fingerprint density at radius 2 is 1.79 bits per heavy atom. The molecule has 1 fully saturated rings. The molecule has 1 aliphatic rings. The third-order valence-corrected chi connectivity index (χ3v) is 4.55. The Balaban J connectivity index is 1.64. The molecule has 1 aliphatic heterocycles. The van der Waals surface area contributed by atoms with Crippen LogP contribution in [0.15, 0.2) is 48.5 Å². The lowest BCUT2D eigenvalue weighted by Crippen LogP contribution is -2.28. The van der Waals surface area contributed by atoms with Crippen molar-refractivity contribution in [2.45, 2.75) is 6.42 Å². The predicted octanol–water partition coefficient (Wildman–Crippen LogP) is 2.27. The average Bonchev–Trinajstić information content (AvgIpc) is 3.10. The lowest BCUT2D eigenvalue weighted by atomic mass is 10.1. The number of hydrogen-bond donors (Lipinski definition) is 2. The minimum absolute atomic E-state index is 0.0547. The highest BCUT2D eigenvalue weighted by atomic mass is 16.5. The van der Waals surface area contributed by atoms with Gasteiger partial charge in [-0.2, -0.15) is 0 Å². The van der Waals surface area contributed by atoms with E-state index >= 15 is 0 Å². The molecule has 2 aromatic rings. The molecule has 0 saturated carbocycles. The highest BCUT2D eigenvalue weighted by Crippen LogP contribution is 2.28. The van der Waals surface area contributed by atoms with Crippen LogP contribution in [0.25, 0.3) is 0 Å². The number of carbonyl (C=O) groups excluding carboxylic acids is 3. The number of amides is 3. The summed E-state index contributed by atoms with van der Waals surface area (Å²) in [5.74, 6) is -0.467. The number of rotatable bonds is 7. The third kappa shape index (κ3) is 5.11. The van der Waals surface area contributed by atoms with Crippen molar-refractivity contribution in [3.8, 4) is 5.75 Å². The summed E-state index contributed by atoms with van der Waals surface area (Å²) in [7, 11) is 3.00. The molecule has 1 saturated heterocycles. The van der Waals surface area contributed by atoms with Gasteiger partial charge in [0.05, 0.1) is 13.0 Å². The minimum Gasteiger partial charge on any atom is -0.497 e. The number of methoxy groups -OCH3 is 2. The highest BCUT2D eigenvalue weighted by Gasteiger charge is 2.35. The zero-order chi connectivity index (χ0) is 20.8. The molecular weight excluding hydrogens is 374 g/mol. The van der Waals surface area contributed by atoms with Gasteiger partial charge >= 0.3 is 0 Å². The second-order valence-corrected chi connectivity index (χ2v) is 6.66. The number of nitrogens with one attached hydrogen (secondary N) is 2. The Hall–Kier alpha value is -3.39. The molecule has 0 radical (unpaired) electrons. The van der Waals surface area contributed by atoms with E-state index in [2.05, 4.69) is 10.6 Å². The standard InChI is InChI=1S/C21H23N3O5/c1-28-13-19(25)22-15-5-3-6-16(10-15)23-21(27)14-9-20(26)24(12-14)17-7-4-8-18(11-17)29-2/h3-8,10-11,14H,9,12-13H2,1-2H3,(H,22,25)(H,23,27)/t14-/m1/s1. The van der Waals surface area contributed by atoms with Gasteiger partial charge in [-0.15, -0.1) is 0 Å². The van der Waals surface area contributed by atoms with Gasteiger partial charge in [0.15, 0.2) is 0 Å². The Kier molecular flexibility index (Phi) is 6.46. The molecule has 0 unspecified atom stereocenters. The maximum absolute atomic E-state index is 12.7. The van der Waals surface area contributed by atoms with Crippen LogP contribution in [0.5, 0.6) is 5.75 Å². The number of carbonyl (C=O) groups is 3. The van der Waals surface area contributed by atoms with Crippen LogP contribution in [0.4, 0.5) is 17.1 Å². The Morgan fingerprint density at radius 1 is 1.07 bits per heavy atom. The monoisotopic (exact) mass is 397 g/mol. The molecule has 3 rings (SSSR count). The van der Waals surface area contributed by atoms with Crippen molar-refractivity contribution in [1.82, 2.24) is 0 Å². The number of hydrogen-bond acceptors (Lipinski definition) is 5. The van der Waals surface area contributed by atoms with Crippen LogP contribution in [0.3, 0.4) is 0 Å². The van der Waals surface area contributed by atoms with Gasteiger partial charge in [-0.05, 0) is 30.3 Å². The Bertz CT molecular complexity index is 915. The van der Waals surface area contributed by atoms with Crippen LogP contribution >= 0.6 is 0 Å². The second kappa shape index (κ2) is 9.20.